The molecule has 0 bridgehead atoms. The lowest BCUT2D eigenvalue weighted by Crippen LogP contribution is -2.31. The summed E-state index contributed by atoms with van der Waals surface area (Å²) in [6.07, 6.45) is 1.44. The van der Waals surface area contributed by atoms with Crippen molar-refractivity contribution in [2.24, 2.45) is 5.16 Å². The van der Waals surface area contributed by atoms with Crippen molar-refractivity contribution in [1.29, 1.82) is 0 Å². The van der Waals surface area contributed by atoms with Crippen LogP contribution in [0.5, 0.6) is 0 Å². The quantitative estimate of drug-likeness (QED) is 0.526. The van der Waals surface area contributed by atoms with E-state index in [0.29, 0.717) is 17.7 Å². The van der Waals surface area contributed by atoms with Gasteiger partial charge in [-0.3, -0.25) is 4.79 Å². The molecule has 2 aromatic carbocycles. The van der Waals surface area contributed by atoms with Crippen molar-refractivity contribution in [2.75, 3.05) is 19.9 Å². The molecular formula is C22H22N4O5S. The molecule has 2 heterocycles. The van der Waals surface area contributed by atoms with Crippen LogP contribution in [0.1, 0.15) is 34.5 Å². The fourth-order valence-electron chi connectivity index (χ4n) is 3.63. The number of hydrogen-bond donors (Lipinski definition) is 0. The SMILES string of the molecule is CO/N=C1\C[C@@H](c2nc(CS(C)(=O)=O)no2)N(C(=O)c2ccc(-c3ccccc3)cc2)C1. The molecule has 4 rings (SSSR count). The van der Waals surface area contributed by atoms with Crippen LogP contribution in [0, 0.1) is 0 Å². The molecule has 0 aliphatic carbocycles. The van der Waals surface area contributed by atoms with Gasteiger partial charge in [0.15, 0.2) is 15.7 Å². The van der Waals surface area contributed by atoms with Gasteiger partial charge in [-0.1, -0.05) is 52.8 Å². The van der Waals surface area contributed by atoms with E-state index in [9.17, 15) is 13.2 Å². The third-order valence-electron chi connectivity index (χ3n) is 5.04. The second-order valence-corrected chi connectivity index (χ2v) is 9.70. The van der Waals surface area contributed by atoms with Crippen LogP contribution in [-0.4, -0.2) is 55.0 Å². The average molecular weight is 455 g/mol. The van der Waals surface area contributed by atoms with Gasteiger partial charge in [0.2, 0.25) is 5.89 Å². The zero-order chi connectivity index (χ0) is 22.7. The van der Waals surface area contributed by atoms with Crippen molar-refractivity contribution in [3.8, 4) is 11.1 Å². The van der Waals surface area contributed by atoms with E-state index in [1.54, 1.807) is 17.0 Å². The van der Waals surface area contributed by atoms with Gasteiger partial charge in [-0.2, -0.15) is 4.98 Å². The maximum Gasteiger partial charge on any atom is 0.254 e. The average Bonchev–Trinajstić information content (AvgIpc) is 3.40. The number of amides is 1. The van der Waals surface area contributed by atoms with Crippen LogP contribution in [0.2, 0.25) is 0 Å². The van der Waals surface area contributed by atoms with Crippen molar-refractivity contribution in [1.82, 2.24) is 15.0 Å². The molecule has 0 radical (unpaired) electrons. The summed E-state index contributed by atoms with van der Waals surface area (Å²) in [5.74, 6) is -0.339. The Kier molecular flexibility index (Phi) is 6.04. The first-order valence-electron chi connectivity index (χ1n) is 9.89. The summed E-state index contributed by atoms with van der Waals surface area (Å²) < 4.78 is 28.4. The number of likely N-dealkylation sites (tertiary alicyclic amines) is 1. The number of carbonyl (C=O) groups excluding carboxylic acids is 1. The molecule has 0 saturated carbocycles. The van der Waals surface area contributed by atoms with Gasteiger partial charge in [-0.25, -0.2) is 8.42 Å². The molecule has 3 aromatic rings. The summed E-state index contributed by atoms with van der Waals surface area (Å²) in [6, 6.07) is 16.7. The Morgan fingerprint density at radius 2 is 1.84 bits per heavy atom. The molecule has 0 spiro atoms. The minimum Gasteiger partial charge on any atom is -0.399 e. The molecule has 10 heteroatoms. The van der Waals surface area contributed by atoms with E-state index in [0.717, 1.165) is 17.4 Å². The Hall–Kier alpha value is -3.53. The van der Waals surface area contributed by atoms with Crippen molar-refractivity contribution in [3.05, 3.63) is 71.9 Å². The number of carbonyl (C=O) groups is 1. The molecule has 1 aliphatic heterocycles. The Labute approximate surface area is 185 Å². The minimum atomic E-state index is -3.32. The van der Waals surface area contributed by atoms with Gasteiger partial charge >= 0.3 is 0 Å². The largest absolute Gasteiger partial charge is 0.399 e. The molecule has 1 saturated heterocycles. The topological polar surface area (TPSA) is 115 Å². The molecule has 1 amide bonds. The van der Waals surface area contributed by atoms with Gasteiger partial charge in [0.25, 0.3) is 5.91 Å². The van der Waals surface area contributed by atoms with Crippen molar-refractivity contribution >= 4 is 21.5 Å². The maximum absolute atomic E-state index is 13.3. The molecule has 1 atom stereocenters. The summed E-state index contributed by atoms with van der Waals surface area (Å²) in [4.78, 5) is 24.0. The highest BCUT2D eigenvalue weighted by atomic mass is 32.2. The van der Waals surface area contributed by atoms with E-state index in [1.165, 1.54) is 7.11 Å². The number of benzene rings is 2. The Bertz CT molecular complexity index is 1240. The molecule has 9 nitrogen and oxygen atoms in total. The second-order valence-electron chi connectivity index (χ2n) is 7.56. The Balaban J connectivity index is 1.59. The van der Waals surface area contributed by atoms with Crippen LogP contribution in [0.3, 0.4) is 0 Å². The van der Waals surface area contributed by atoms with Gasteiger partial charge in [0, 0.05) is 18.2 Å². The van der Waals surface area contributed by atoms with Crippen LogP contribution < -0.4 is 0 Å². The number of oxime groups is 1. The van der Waals surface area contributed by atoms with Gasteiger partial charge < -0.3 is 14.3 Å². The van der Waals surface area contributed by atoms with Crippen LogP contribution in [0.25, 0.3) is 11.1 Å². The molecule has 1 aromatic heterocycles. The first kappa shape index (κ1) is 21.7. The maximum atomic E-state index is 13.3. The zero-order valence-electron chi connectivity index (χ0n) is 17.6. The molecule has 0 N–H and O–H groups in total. The number of aromatic nitrogens is 2. The fraction of sp³-hybridized carbons (Fsp3) is 0.273. The van der Waals surface area contributed by atoms with E-state index in [1.807, 2.05) is 42.5 Å². The highest BCUT2D eigenvalue weighted by Crippen LogP contribution is 2.32. The first-order valence-corrected chi connectivity index (χ1v) is 12.0. The van der Waals surface area contributed by atoms with E-state index >= 15 is 0 Å². The monoisotopic (exact) mass is 454 g/mol. The molecular weight excluding hydrogens is 432 g/mol. The molecule has 1 aliphatic rings. The molecule has 1 fully saturated rings. The number of nitrogens with zero attached hydrogens (tertiary/aromatic N) is 4. The van der Waals surface area contributed by atoms with E-state index in [-0.39, 0.29) is 29.9 Å². The smallest absolute Gasteiger partial charge is 0.254 e. The molecule has 0 unspecified atom stereocenters. The zero-order valence-corrected chi connectivity index (χ0v) is 18.4. The first-order chi connectivity index (χ1) is 15.3. The summed E-state index contributed by atoms with van der Waals surface area (Å²) in [6.45, 7) is 0.238. The summed E-state index contributed by atoms with van der Waals surface area (Å²) in [5, 5.41) is 7.74. The van der Waals surface area contributed by atoms with Crippen molar-refractivity contribution in [3.63, 3.8) is 0 Å². The third kappa shape index (κ3) is 4.86. The summed E-state index contributed by atoms with van der Waals surface area (Å²) >= 11 is 0. The van der Waals surface area contributed by atoms with Crippen LogP contribution in [0.4, 0.5) is 0 Å². The lowest BCUT2D eigenvalue weighted by atomic mass is 10.0. The van der Waals surface area contributed by atoms with Crippen molar-refractivity contribution < 1.29 is 22.6 Å². The number of hydrogen-bond acceptors (Lipinski definition) is 8. The lowest BCUT2D eigenvalue weighted by Gasteiger charge is -2.21. The van der Waals surface area contributed by atoms with Crippen LogP contribution in [-0.2, 0) is 20.4 Å². The molecule has 32 heavy (non-hydrogen) atoms. The Morgan fingerprint density at radius 1 is 1.16 bits per heavy atom. The third-order valence-corrected chi connectivity index (χ3v) is 5.82. The van der Waals surface area contributed by atoms with Crippen molar-refractivity contribution in [2.45, 2.75) is 18.2 Å². The molecule has 166 valence electrons. The predicted molar refractivity (Wildman–Crippen MR) is 118 cm³/mol. The number of sulfone groups is 1. The highest BCUT2D eigenvalue weighted by Gasteiger charge is 2.38. The standard InChI is InChI=1S/C22H22N4O5S/c1-30-24-18-12-19(21-23-20(25-31-21)14-32(2,28)29)26(13-18)22(27)17-10-8-16(9-11-17)15-6-4-3-5-7-15/h3-11,19H,12-14H2,1-2H3/b24-18+/t19-/m0/s1. The minimum absolute atomic E-state index is 0.0549. The van der Waals surface area contributed by atoms with Crippen LogP contribution in [0.15, 0.2) is 64.3 Å². The fourth-order valence-corrected chi connectivity index (χ4v) is 4.22. The number of rotatable bonds is 6. The van der Waals surface area contributed by atoms with Gasteiger partial charge in [0.1, 0.15) is 18.9 Å². The summed E-state index contributed by atoms with van der Waals surface area (Å²) in [7, 11) is -1.88. The van der Waals surface area contributed by atoms with Crippen LogP contribution >= 0.6 is 0 Å². The van der Waals surface area contributed by atoms with Gasteiger partial charge in [0.05, 0.1) is 12.3 Å². The summed E-state index contributed by atoms with van der Waals surface area (Å²) in [5.41, 5.74) is 3.22. The predicted octanol–water partition coefficient (Wildman–Crippen LogP) is 2.87. The Morgan fingerprint density at radius 3 is 2.50 bits per heavy atom. The highest BCUT2D eigenvalue weighted by molar-refractivity contribution is 7.89. The van der Waals surface area contributed by atoms with Gasteiger partial charge in [-0.05, 0) is 23.3 Å². The normalized spacial score (nSPS) is 17.6. The van der Waals surface area contributed by atoms with E-state index < -0.39 is 15.9 Å². The van der Waals surface area contributed by atoms with Gasteiger partial charge in [-0.15, -0.1) is 0 Å². The van der Waals surface area contributed by atoms with E-state index in [4.69, 9.17) is 9.36 Å². The lowest BCUT2D eigenvalue weighted by molar-refractivity contribution is 0.0713. The van der Waals surface area contributed by atoms with E-state index in [2.05, 4.69) is 15.3 Å². The second kappa shape index (κ2) is 8.91.